The Hall–Kier alpha value is -4.08. The van der Waals surface area contributed by atoms with Crippen molar-refractivity contribution in [3.63, 3.8) is 0 Å². The van der Waals surface area contributed by atoms with Crippen molar-refractivity contribution in [2.75, 3.05) is 11.9 Å². The summed E-state index contributed by atoms with van der Waals surface area (Å²) in [6.07, 6.45) is -7.06. The normalized spacial score (nSPS) is 12.0. The Morgan fingerprint density at radius 2 is 1.50 bits per heavy atom. The van der Waals surface area contributed by atoms with Crippen LogP contribution >= 0.6 is 0 Å². The molecule has 36 heavy (non-hydrogen) atoms. The average molecular weight is 503 g/mol. The van der Waals surface area contributed by atoms with Gasteiger partial charge in [0.25, 0.3) is 5.91 Å². The van der Waals surface area contributed by atoms with E-state index in [1.165, 1.54) is 13.2 Å². The molecule has 2 heterocycles. The summed E-state index contributed by atoms with van der Waals surface area (Å²) < 4.78 is 80.0. The third kappa shape index (κ3) is 4.98. The zero-order chi connectivity index (χ0) is 26.3. The lowest BCUT2D eigenvalue weighted by atomic mass is 9.98. The molecule has 0 aliphatic heterocycles. The van der Waals surface area contributed by atoms with E-state index in [4.69, 9.17) is 0 Å². The molecular weight excluding hydrogens is 484 g/mol. The highest BCUT2D eigenvalue weighted by atomic mass is 19.4. The van der Waals surface area contributed by atoms with Crippen molar-refractivity contribution in [1.82, 2.24) is 9.97 Å². The van der Waals surface area contributed by atoms with Crippen LogP contribution in [0.1, 0.15) is 27.0 Å². The minimum absolute atomic E-state index is 0.0117. The van der Waals surface area contributed by atoms with Crippen LogP contribution in [-0.4, -0.2) is 22.9 Å². The topological polar surface area (TPSA) is 49.0 Å². The number of aromatic nitrogens is 2. The number of rotatable bonds is 4. The number of anilines is 1. The third-order valence-corrected chi connectivity index (χ3v) is 5.69. The quantitative estimate of drug-likeness (QED) is 0.296. The fraction of sp³-hybridized carbons (Fsp3) is 0.154. The molecule has 0 radical (unpaired) electrons. The van der Waals surface area contributed by atoms with Gasteiger partial charge >= 0.3 is 12.4 Å². The van der Waals surface area contributed by atoms with Crippen LogP contribution in [-0.2, 0) is 12.4 Å². The summed E-state index contributed by atoms with van der Waals surface area (Å²) in [6, 6.07) is 13.4. The molecule has 0 saturated carbocycles. The number of hydrogen-bond donors (Lipinski definition) is 1. The number of benzene rings is 2. The summed E-state index contributed by atoms with van der Waals surface area (Å²) >= 11 is 0. The van der Waals surface area contributed by atoms with E-state index in [0.29, 0.717) is 29.1 Å². The van der Waals surface area contributed by atoms with E-state index in [1.54, 1.807) is 36.5 Å². The van der Waals surface area contributed by atoms with Crippen molar-refractivity contribution in [3.8, 4) is 22.5 Å². The second kappa shape index (κ2) is 9.18. The molecule has 1 N–H and O–H groups in total. The van der Waals surface area contributed by atoms with Crippen molar-refractivity contribution in [3.05, 3.63) is 95.3 Å². The molecule has 4 nitrogen and oxygen atoms in total. The van der Waals surface area contributed by atoms with E-state index in [2.05, 4.69) is 9.97 Å². The van der Waals surface area contributed by atoms with Crippen molar-refractivity contribution in [1.29, 1.82) is 0 Å². The standard InChI is InChI=1S/C26H19F6N3O/c1-15-6-3-4-7-19(15)20-13-22(21-8-5-9-33-21)34-14-23(20)35(2)24(36)16-10-17(25(27,28)29)12-18(11-16)26(30,31)32/h3-14,33H,1-2H3. The summed E-state index contributed by atoms with van der Waals surface area (Å²) in [5.74, 6) is -1.05. The number of hydrogen-bond acceptors (Lipinski definition) is 2. The average Bonchev–Trinajstić information content (AvgIpc) is 3.37. The second-order valence-corrected chi connectivity index (χ2v) is 8.14. The molecule has 0 aliphatic carbocycles. The molecule has 2 aromatic heterocycles. The number of nitrogens with zero attached hydrogens (tertiary/aromatic N) is 2. The number of amides is 1. The maximum atomic E-state index is 13.3. The summed E-state index contributed by atoms with van der Waals surface area (Å²) in [7, 11) is 1.28. The highest BCUT2D eigenvalue weighted by Crippen LogP contribution is 2.38. The predicted octanol–water partition coefficient (Wildman–Crippen LogP) is 7.37. The third-order valence-electron chi connectivity index (χ3n) is 5.69. The van der Waals surface area contributed by atoms with Gasteiger partial charge < -0.3 is 9.88 Å². The molecule has 0 atom stereocenters. The van der Waals surface area contributed by atoms with Gasteiger partial charge in [-0.05, 0) is 54.4 Å². The Bertz CT molecular complexity index is 1380. The van der Waals surface area contributed by atoms with Crippen LogP contribution in [0.2, 0.25) is 0 Å². The van der Waals surface area contributed by atoms with Crippen LogP contribution < -0.4 is 4.90 Å². The Labute approximate surface area is 202 Å². The molecule has 0 unspecified atom stereocenters. The molecule has 2 aromatic carbocycles. The van der Waals surface area contributed by atoms with Gasteiger partial charge in [-0.3, -0.25) is 9.78 Å². The van der Waals surface area contributed by atoms with Crippen LogP contribution in [0.5, 0.6) is 0 Å². The lowest BCUT2D eigenvalue weighted by Crippen LogP contribution is -2.28. The van der Waals surface area contributed by atoms with Crippen molar-refractivity contribution in [2.24, 2.45) is 0 Å². The number of halogens is 6. The van der Waals surface area contributed by atoms with Gasteiger partial charge in [-0.1, -0.05) is 24.3 Å². The van der Waals surface area contributed by atoms with Gasteiger partial charge in [0.15, 0.2) is 0 Å². The SMILES string of the molecule is Cc1ccccc1-c1cc(-c2ccc[nH]2)ncc1N(C)C(=O)c1cc(C(F)(F)F)cc(C(F)(F)F)c1. The van der Waals surface area contributed by atoms with Gasteiger partial charge in [-0.2, -0.15) is 26.3 Å². The summed E-state index contributed by atoms with van der Waals surface area (Å²) in [4.78, 5) is 21.6. The molecule has 4 rings (SSSR count). The van der Waals surface area contributed by atoms with Gasteiger partial charge in [0.1, 0.15) is 0 Å². The van der Waals surface area contributed by atoms with E-state index in [1.807, 2.05) is 19.1 Å². The molecule has 186 valence electrons. The summed E-state index contributed by atoms with van der Waals surface area (Å²) in [5.41, 5.74) is -0.309. The number of carbonyl (C=O) groups excluding carboxylic acids is 1. The van der Waals surface area contributed by atoms with Gasteiger partial charge in [0.2, 0.25) is 0 Å². The van der Waals surface area contributed by atoms with Crippen molar-refractivity contribution in [2.45, 2.75) is 19.3 Å². The molecule has 0 fully saturated rings. The lowest BCUT2D eigenvalue weighted by Gasteiger charge is -2.23. The molecule has 1 amide bonds. The Kier molecular flexibility index (Phi) is 6.38. The van der Waals surface area contributed by atoms with Crippen LogP contribution in [0.25, 0.3) is 22.5 Å². The van der Waals surface area contributed by atoms with E-state index >= 15 is 0 Å². The molecule has 4 aromatic rings. The Balaban J connectivity index is 1.85. The Morgan fingerprint density at radius 1 is 0.861 bits per heavy atom. The van der Waals surface area contributed by atoms with Crippen LogP contribution in [0.3, 0.4) is 0 Å². The number of aromatic amines is 1. The lowest BCUT2D eigenvalue weighted by molar-refractivity contribution is -0.143. The largest absolute Gasteiger partial charge is 0.416 e. The minimum atomic E-state index is -5.07. The maximum Gasteiger partial charge on any atom is 0.416 e. The highest BCUT2D eigenvalue weighted by molar-refractivity contribution is 6.08. The van der Waals surface area contributed by atoms with Gasteiger partial charge in [0.05, 0.1) is 34.4 Å². The first-order valence-corrected chi connectivity index (χ1v) is 10.6. The number of H-pyrrole nitrogens is 1. The first-order chi connectivity index (χ1) is 16.9. The van der Waals surface area contributed by atoms with E-state index in [9.17, 15) is 31.1 Å². The fourth-order valence-corrected chi connectivity index (χ4v) is 3.82. The van der Waals surface area contributed by atoms with Crippen molar-refractivity contribution < 1.29 is 31.1 Å². The predicted molar refractivity (Wildman–Crippen MR) is 123 cm³/mol. The van der Waals surface area contributed by atoms with Gasteiger partial charge in [-0.15, -0.1) is 0 Å². The molecule has 0 aliphatic rings. The Morgan fingerprint density at radius 3 is 2.06 bits per heavy atom. The summed E-state index contributed by atoms with van der Waals surface area (Å²) in [5, 5.41) is 0. The van der Waals surface area contributed by atoms with Crippen LogP contribution in [0.15, 0.2) is 73.1 Å². The second-order valence-electron chi connectivity index (χ2n) is 8.14. The molecule has 0 saturated heterocycles. The zero-order valence-electron chi connectivity index (χ0n) is 19.0. The van der Waals surface area contributed by atoms with E-state index in [-0.39, 0.29) is 11.8 Å². The number of aryl methyl sites for hydroxylation is 1. The number of nitrogens with one attached hydrogen (secondary N) is 1. The molecular formula is C26H19F6N3O. The zero-order valence-corrected chi connectivity index (χ0v) is 19.0. The van der Waals surface area contributed by atoms with Crippen LogP contribution in [0.4, 0.5) is 32.0 Å². The molecule has 0 spiro atoms. The first-order valence-electron chi connectivity index (χ1n) is 10.6. The number of pyridine rings is 1. The van der Waals surface area contributed by atoms with E-state index < -0.39 is 35.0 Å². The summed E-state index contributed by atoms with van der Waals surface area (Å²) in [6.45, 7) is 1.85. The minimum Gasteiger partial charge on any atom is -0.360 e. The van der Waals surface area contributed by atoms with E-state index in [0.717, 1.165) is 16.0 Å². The molecule has 0 bridgehead atoms. The molecule has 10 heteroatoms. The van der Waals surface area contributed by atoms with Gasteiger partial charge in [-0.25, -0.2) is 0 Å². The van der Waals surface area contributed by atoms with Crippen LogP contribution in [0, 0.1) is 6.92 Å². The monoisotopic (exact) mass is 503 g/mol. The fourth-order valence-electron chi connectivity index (χ4n) is 3.82. The number of alkyl halides is 6. The number of carbonyl (C=O) groups is 1. The van der Waals surface area contributed by atoms with Gasteiger partial charge in [0, 0.05) is 24.4 Å². The smallest absolute Gasteiger partial charge is 0.360 e. The van der Waals surface area contributed by atoms with Crippen molar-refractivity contribution >= 4 is 11.6 Å². The first kappa shape index (κ1) is 25.0. The maximum absolute atomic E-state index is 13.3. The highest BCUT2D eigenvalue weighted by Gasteiger charge is 2.38.